The molecule has 1 N–H and O–H groups in total. The minimum atomic E-state index is -0.830. The van der Waals surface area contributed by atoms with Gasteiger partial charge in [-0.2, -0.15) is 0 Å². The van der Waals surface area contributed by atoms with Crippen LogP contribution in [0.25, 0.3) is 11.0 Å². The third kappa shape index (κ3) is 3.92. The summed E-state index contributed by atoms with van der Waals surface area (Å²) >= 11 is 3.34. The first-order chi connectivity index (χ1) is 9.86. The van der Waals surface area contributed by atoms with E-state index in [2.05, 4.69) is 15.9 Å². The third-order valence-electron chi connectivity index (χ3n) is 3.24. The summed E-state index contributed by atoms with van der Waals surface area (Å²) < 4.78 is 6.02. The molecular formula is C15H16BrNO4. The standard InChI is InChI=1S/C15H16BrNO4/c1-9(15(19)20)7-17(2)8-10-5-14(18)21-13-6-11(16)3-4-12(10)13/h3-6,9H,7-8H2,1-2H3,(H,19,20). The summed E-state index contributed by atoms with van der Waals surface area (Å²) in [5, 5.41) is 9.80. The van der Waals surface area contributed by atoms with Crippen molar-refractivity contribution < 1.29 is 14.3 Å². The van der Waals surface area contributed by atoms with Gasteiger partial charge in [-0.15, -0.1) is 0 Å². The average molecular weight is 354 g/mol. The lowest BCUT2D eigenvalue weighted by molar-refractivity contribution is -0.141. The lowest BCUT2D eigenvalue weighted by atomic mass is 10.1. The molecule has 21 heavy (non-hydrogen) atoms. The van der Waals surface area contributed by atoms with Crippen molar-refractivity contribution in [3.05, 3.63) is 44.7 Å². The second-order valence-electron chi connectivity index (χ2n) is 5.17. The van der Waals surface area contributed by atoms with E-state index in [0.717, 1.165) is 15.4 Å². The monoisotopic (exact) mass is 353 g/mol. The summed E-state index contributed by atoms with van der Waals surface area (Å²) in [6.45, 7) is 2.56. The highest BCUT2D eigenvalue weighted by Crippen LogP contribution is 2.22. The van der Waals surface area contributed by atoms with E-state index in [-0.39, 0.29) is 0 Å². The molecule has 0 bridgehead atoms. The lowest BCUT2D eigenvalue weighted by Gasteiger charge is -2.19. The predicted octanol–water partition coefficient (Wildman–Crippen LogP) is 2.71. The normalized spacial score (nSPS) is 12.8. The van der Waals surface area contributed by atoms with Gasteiger partial charge in [0.15, 0.2) is 0 Å². The zero-order chi connectivity index (χ0) is 15.6. The largest absolute Gasteiger partial charge is 0.481 e. The van der Waals surface area contributed by atoms with E-state index in [1.165, 1.54) is 6.07 Å². The lowest BCUT2D eigenvalue weighted by Crippen LogP contribution is -2.28. The van der Waals surface area contributed by atoms with E-state index in [0.29, 0.717) is 18.7 Å². The molecule has 0 amide bonds. The van der Waals surface area contributed by atoms with E-state index >= 15 is 0 Å². The molecule has 0 aliphatic carbocycles. The molecule has 112 valence electrons. The van der Waals surface area contributed by atoms with Crippen LogP contribution in [0.15, 0.2) is 37.9 Å². The number of nitrogens with zero attached hydrogens (tertiary/aromatic N) is 1. The molecule has 1 unspecified atom stereocenters. The Labute approximate surface area is 130 Å². The van der Waals surface area contributed by atoms with Crippen LogP contribution in [-0.4, -0.2) is 29.6 Å². The number of carboxylic acid groups (broad SMARTS) is 1. The molecule has 1 aromatic heterocycles. The fourth-order valence-electron chi connectivity index (χ4n) is 2.24. The average Bonchev–Trinajstić information content (AvgIpc) is 2.37. The van der Waals surface area contributed by atoms with E-state index in [9.17, 15) is 9.59 Å². The zero-order valence-electron chi connectivity index (χ0n) is 11.8. The Morgan fingerprint density at radius 3 is 2.81 bits per heavy atom. The highest BCUT2D eigenvalue weighted by atomic mass is 79.9. The fraction of sp³-hybridized carbons (Fsp3) is 0.333. The van der Waals surface area contributed by atoms with E-state index in [4.69, 9.17) is 9.52 Å². The quantitative estimate of drug-likeness (QED) is 0.836. The maximum atomic E-state index is 11.6. The Balaban J connectivity index is 2.29. The number of halogens is 1. The topological polar surface area (TPSA) is 70.8 Å². The van der Waals surface area contributed by atoms with Gasteiger partial charge in [-0.05, 0) is 30.8 Å². The van der Waals surface area contributed by atoms with Gasteiger partial charge in [-0.1, -0.05) is 22.9 Å². The number of carboxylic acids is 1. The van der Waals surface area contributed by atoms with Crippen molar-refractivity contribution in [2.75, 3.05) is 13.6 Å². The van der Waals surface area contributed by atoms with Crippen molar-refractivity contribution in [2.45, 2.75) is 13.5 Å². The maximum absolute atomic E-state index is 11.6. The van der Waals surface area contributed by atoms with Crippen LogP contribution in [-0.2, 0) is 11.3 Å². The molecule has 5 nitrogen and oxygen atoms in total. The van der Waals surface area contributed by atoms with Crippen molar-refractivity contribution in [2.24, 2.45) is 5.92 Å². The van der Waals surface area contributed by atoms with E-state index < -0.39 is 17.5 Å². The Bertz CT molecular complexity index is 725. The molecule has 0 aliphatic rings. The number of hydrogen-bond acceptors (Lipinski definition) is 4. The number of carbonyl (C=O) groups is 1. The Morgan fingerprint density at radius 1 is 1.43 bits per heavy atom. The Morgan fingerprint density at radius 2 is 2.14 bits per heavy atom. The Hall–Kier alpha value is -1.66. The van der Waals surface area contributed by atoms with Gasteiger partial charge in [0.05, 0.1) is 5.92 Å². The molecule has 1 heterocycles. The molecule has 0 radical (unpaired) electrons. The molecule has 2 rings (SSSR count). The van der Waals surface area contributed by atoms with Crippen LogP contribution in [0.2, 0.25) is 0 Å². The highest BCUT2D eigenvalue weighted by molar-refractivity contribution is 9.10. The Kier molecular flexibility index (Phi) is 4.80. The first-order valence-corrected chi connectivity index (χ1v) is 7.29. The van der Waals surface area contributed by atoms with Crippen LogP contribution in [0.5, 0.6) is 0 Å². The van der Waals surface area contributed by atoms with Crippen LogP contribution < -0.4 is 5.63 Å². The summed E-state index contributed by atoms with van der Waals surface area (Å²) in [5.41, 5.74) is 0.940. The van der Waals surface area contributed by atoms with Crippen molar-refractivity contribution in [1.29, 1.82) is 0 Å². The van der Waals surface area contributed by atoms with Gasteiger partial charge in [-0.3, -0.25) is 4.79 Å². The predicted molar refractivity (Wildman–Crippen MR) is 83.3 cm³/mol. The summed E-state index contributed by atoms with van der Waals surface area (Å²) in [5.74, 6) is -1.29. The number of aliphatic carboxylic acids is 1. The fourth-order valence-corrected chi connectivity index (χ4v) is 2.58. The maximum Gasteiger partial charge on any atom is 0.336 e. The molecule has 0 saturated heterocycles. The molecule has 0 saturated carbocycles. The third-order valence-corrected chi connectivity index (χ3v) is 3.73. The summed E-state index contributed by atoms with van der Waals surface area (Å²) in [6, 6.07) is 6.97. The van der Waals surface area contributed by atoms with E-state index in [1.807, 2.05) is 24.1 Å². The van der Waals surface area contributed by atoms with Gasteiger partial charge in [0.1, 0.15) is 5.58 Å². The number of rotatable bonds is 5. The summed E-state index contributed by atoms with van der Waals surface area (Å²) in [4.78, 5) is 24.4. The number of benzene rings is 1. The molecule has 0 fully saturated rings. The van der Waals surface area contributed by atoms with Crippen molar-refractivity contribution in [3.63, 3.8) is 0 Å². The second kappa shape index (κ2) is 6.41. The molecule has 2 aromatic rings. The second-order valence-corrected chi connectivity index (χ2v) is 6.08. The minimum Gasteiger partial charge on any atom is -0.481 e. The van der Waals surface area contributed by atoms with Crippen LogP contribution >= 0.6 is 15.9 Å². The van der Waals surface area contributed by atoms with Gasteiger partial charge in [-0.25, -0.2) is 4.79 Å². The van der Waals surface area contributed by atoms with Crippen molar-refractivity contribution in [1.82, 2.24) is 4.90 Å². The van der Waals surface area contributed by atoms with Gasteiger partial charge in [0.25, 0.3) is 0 Å². The van der Waals surface area contributed by atoms with E-state index in [1.54, 1.807) is 13.0 Å². The SMILES string of the molecule is CC(CN(C)Cc1cc(=O)oc2cc(Br)ccc12)C(=O)O. The van der Waals surface area contributed by atoms with Crippen LogP contribution in [0, 0.1) is 5.92 Å². The molecule has 6 heteroatoms. The van der Waals surface area contributed by atoms with Gasteiger partial charge in [0.2, 0.25) is 0 Å². The minimum absolute atomic E-state index is 0.407. The van der Waals surface area contributed by atoms with Crippen LogP contribution in [0.3, 0.4) is 0 Å². The first kappa shape index (κ1) is 15.7. The molecule has 0 aliphatic heterocycles. The van der Waals surface area contributed by atoms with Gasteiger partial charge in [0, 0.05) is 29.0 Å². The van der Waals surface area contributed by atoms with Gasteiger partial charge < -0.3 is 14.4 Å². The highest BCUT2D eigenvalue weighted by Gasteiger charge is 2.15. The molecule has 1 atom stereocenters. The molecule has 1 aromatic carbocycles. The van der Waals surface area contributed by atoms with Crippen LogP contribution in [0.1, 0.15) is 12.5 Å². The van der Waals surface area contributed by atoms with Crippen LogP contribution in [0.4, 0.5) is 0 Å². The van der Waals surface area contributed by atoms with Crippen molar-refractivity contribution in [3.8, 4) is 0 Å². The summed E-state index contributed by atoms with van der Waals surface area (Å²) in [7, 11) is 1.83. The number of fused-ring (bicyclic) bond motifs is 1. The zero-order valence-corrected chi connectivity index (χ0v) is 13.4. The van der Waals surface area contributed by atoms with Gasteiger partial charge >= 0.3 is 11.6 Å². The van der Waals surface area contributed by atoms with Crippen molar-refractivity contribution >= 4 is 32.9 Å². The first-order valence-electron chi connectivity index (χ1n) is 6.50. The molecular weight excluding hydrogens is 338 g/mol. The molecule has 0 spiro atoms. The number of hydrogen-bond donors (Lipinski definition) is 1. The summed E-state index contributed by atoms with van der Waals surface area (Å²) in [6.07, 6.45) is 0. The smallest absolute Gasteiger partial charge is 0.336 e.